The van der Waals surface area contributed by atoms with Crippen LogP contribution >= 0.6 is 11.8 Å². The molecule has 1 atom stereocenters. The molecule has 1 nitrogen and oxygen atoms in total. The van der Waals surface area contributed by atoms with Crippen LogP contribution in [0.25, 0.3) is 0 Å². The monoisotopic (exact) mass is 199 g/mol. The van der Waals surface area contributed by atoms with Crippen LogP contribution in [0.1, 0.15) is 47.0 Å². The van der Waals surface area contributed by atoms with Gasteiger partial charge in [-0.1, -0.05) is 20.3 Å². The molecule has 13 heavy (non-hydrogen) atoms. The van der Waals surface area contributed by atoms with E-state index in [0.29, 0.717) is 15.8 Å². The minimum Gasteiger partial charge on any atom is -0.296 e. The standard InChI is InChI=1S/C11H21NS/c1-9(2)6-5-7-11(9)12-10(3,4)8-13-11/h12H,5-8H2,1-4H3. The number of hydrogen-bond acceptors (Lipinski definition) is 2. The predicted octanol–water partition coefficient (Wildman–Crippen LogP) is 3.01. The molecular weight excluding hydrogens is 178 g/mol. The molecule has 0 amide bonds. The molecule has 2 fully saturated rings. The topological polar surface area (TPSA) is 12.0 Å². The molecule has 1 saturated carbocycles. The lowest BCUT2D eigenvalue weighted by atomic mass is 9.85. The predicted molar refractivity (Wildman–Crippen MR) is 60.0 cm³/mol. The average Bonchev–Trinajstić information content (AvgIpc) is 2.39. The highest BCUT2D eigenvalue weighted by molar-refractivity contribution is 8.01. The molecule has 1 saturated heterocycles. The molecule has 1 N–H and O–H groups in total. The summed E-state index contributed by atoms with van der Waals surface area (Å²) in [6, 6.07) is 0. The van der Waals surface area contributed by atoms with E-state index in [-0.39, 0.29) is 0 Å². The molecule has 1 unspecified atom stereocenters. The third-order valence-electron chi connectivity index (χ3n) is 3.64. The van der Waals surface area contributed by atoms with Gasteiger partial charge in [0.15, 0.2) is 0 Å². The van der Waals surface area contributed by atoms with Crippen molar-refractivity contribution in [3.63, 3.8) is 0 Å². The molecule has 1 heterocycles. The van der Waals surface area contributed by atoms with Crippen LogP contribution in [0.5, 0.6) is 0 Å². The van der Waals surface area contributed by atoms with Crippen molar-refractivity contribution < 1.29 is 0 Å². The lowest BCUT2D eigenvalue weighted by Crippen LogP contribution is -2.52. The summed E-state index contributed by atoms with van der Waals surface area (Å²) in [7, 11) is 0. The van der Waals surface area contributed by atoms with Crippen molar-refractivity contribution >= 4 is 11.8 Å². The Morgan fingerprint density at radius 2 is 1.77 bits per heavy atom. The smallest absolute Gasteiger partial charge is 0.0701 e. The summed E-state index contributed by atoms with van der Waals surface area (Å²) in [5.74, 6) is 1.26. The summed E-state index contributed by atoms with van der Waals surface area (Å²) in [4.78, 5) is 0.385. The van der Waals surface area contributed by atoms with Gasteiger partial charge in [-0.2, -0.15) is 0 Å². The van der Waals surface area contributed by atoms with Crippen LogP contribution < -0.4 is 5.32 Å². The van der Waals surface area contributed by atoms with Gasteiger partial charge >= 0.3 is 0 Å². The Bertz CT molecular complexity index is 222. The minimum absolute atomic E-state index is 0.340. The second kappa shape index (κ2) is 2.66. The summed E-state index contributed by atoms with van der Waals surface area (Å²) in [6.07, 6.45) is 4.13. The maximum atomic E-state index is 3.86. The van der Waals surface area contributed by atoms with Gasteiger partial charge < -0.3 is 0 Å². The van der Waals surface area contributed by atoms with Gasteiger partial charge in [-0.25, -0.2) is 0 Å². The zero-order chi connectivity index (χ0) is 9.74. The number of nitrogens with one attached hydrogen (secondary N) is 1. The van der Waals surface area contributed by atoms with Crippen LogP contribution in [0.4, 0.5) is 0 Å². The normalized spacial score (nSPS) is 41.5. The molecule has 0 aromatic heterocycles. The molecule has 1 aliphatic heterocycles. The molecule has 0 bridgehead atoms. The van der Waals surface area contributed by atoms with Crippen molar-refractivity contribution in [1.29, 1.82) is 0 Å². The van der Waals surface area contributed by atoms with Gasteiger partial charge in [-0.3, -0.25) is 5.32 Å². The summed E-state index contributed by atoms with van der Waals surface area (Å²) in [5, 5.41) is 3.86. The molecule has 2 rings (SSSR count). The molecule has 0 aromatic carbocycles. The van der Waals surface area contributed by atoms with Crippen LogP contribution in [0.2, 0.25) is 0 Å². The highest BCUT2D eigenvalue weighted by Crippen LogP contribution is 2.56. The average molecular weight is 199 g/mol. The van der Waals surface area contributed by atoms with Gasteiger partial charge in [-0.05, 0) is 32.1 Å². The molecule has 1 aliphatic carbocycles. The Balaban J connectivity index is 2.23. The van der Waals surface area contributed by atoms with E-state index in [1.54, 1.807) is 0 Å². The summed E-state index contributed by atoms with van der Waals surface area (Å²) >= 11 is 2.16. The van der Waals surface area contributed by atoms with Crippen molar-refractivity contribution in [2.24, 2.45) is 5.41 Å². The summed E-state index contributed by atoms with van der Waals surface area (Å²) in [6.45, 7) is 9.48. The Morgan fingerprint density at radius 3 is 2.15 bits per heavy atom. The Hall–Kier alpha value is 0.310. The van der Waals surface area contributed by atoms with Crippen LogP contribution in [0.3, 0.4) is 0 Å². The molecule has 1 spiro atoms. The highest BCUT2D eigenvalue weighted by Gasteiger charge is 2.54. The van der Waals surface area contributed by atoms with Crippen molar-refractivity contribution in [2.45, 2.75) is 57.4 Å². The lowest BCUT2D eigenvalue weighted by molar-refractivity contribution is 0.223. The van der Waals surface area contributed by atoms with E-state index in [1.165, 1.54) is 25.0 Å². The first-order valence-electron chi connectivity index (χ1n) is 5.30. The van der Waals surface area contributed by atoms with E-state index >= 15 is 0 Å². The van der Waals surface area contributed by atoms with E-state index in [1.807, 2.05) is 0 Å². The quantitative estimate of drug-likeness (QED) is 0.643. The first kappa shape index (κ1) is 9.85. The van der Waals surface area contributed by atoms with Crippen LogP contribution in [-0.4, -0.2) is 16.2 Å². The van der Waals surface area contributed by atoms with Crippen molar-refractivity contribution in [1.82, 2.24) is 5.32 Å². The fourth-order valence-electron chi connectivity index (χ4n) is 2.74. The minimum atomic E-state index is 0.340. The Labute approximate surface area is 86.0 Å². The van der Waals surface area contributed by atoms with E-state index in [9.17, 15) is 0 Å². The van der Waals surface area contributed by atoms with Crippen LogP contribution in [0, 0.1) is 5.41 Å². The summed E-state index contributed by atoms with van der Waals surface area (Å²) in [5.41, 5.74) is 0.817. The van der Waals surface area contributed by atoms with Crippen molar-refractivity contribution in [3.05, 3.63) is 0 Å². The van der Waals surface area contributed by atoms with Gasteiger partial charge in [0.05, 0.1) is 4.87 Å². The molecule has 2 heteroatoms. The largest absolute Gasteiger partial charge is 0.296 e. The molecule has 0 radical (unpaired) electrons. The maximum absolute atomic E-state index is 3.86. The zero-order valence-corrected chi connectivity index (χ0v) is 10.1. The fourth-order valence-corrected chi connectivity index (χ4v) is 4.55. The van der Waals surface area contributed by atoms with Gasteiger partial charge in [0.25, 0.3) is 0 Å². The maximum Gasteiger partial charge on any atom is 0.0701 e. The molecular formula is C11H21NS. The van der Waals surface area contributed by atoms with Gasteiger partial charge in [-0.15, -0.1) is 11.8 Å². The van der Waals surface area contributed by atoms with Crippen molar-refractivity contribution in [2.75, 3.05) is 5.75 Å². The van der Waals surface area contributed by atoms with Crippen LogP contribution in [-0.2, 0) is 0 Å². The fraction of sp³-hybridized carbons (Fsp3) is 1.00. The second-order valence-electron chi connectivity index (χ2n) is 5.86. The van der Waals surface area contributed by atoms with Gasteiger partial charge in [0.2, 0.25) is 0 Å². The third-order valence-corrected chi connectivity index (χ3v) is 5.86. The van der Waals surface area contributed by atoms with E-state index in [2.05, 4.69) is 44.8 Å². The summed E-state index contributed by atoms with van der Waals surface area (Å²) < 4.78 is 0. The van der Waals surface area contributed by atoms with Crippen LogP contribution in [0.15, 0.2) is 0 Å². The highest BCUT2D eigenvalue weighted by atomic mass is 32.2. The van der Waals surface area contributed by atoms with E-state index < -0.39 is 0 Å². The molecule has 76 valence electrons. The third kappa shape index (κ3) is 1.42. The lowest BCUT2D eigenvalue weighted by Gasteiger charge is -2.39. The van der Waals surface area contributed by atoms with E-state index in [0.717, 1.165) is 0 Å². The number of rotatable bonds is 0. The number of thioether (sulfide) groups is 1. The first-order chi connectivity index (χ1) is 5.87. The molecule has 0 aromatic rings. The molecule has 2 aliphatic rings. The SMILES string of the molecule is CC1(C)CSC2(CCCC2(C)C)N1. The second-order valence-corrected chi connectivity index (χ2v) is 7.14. The Morgan fingerprint density at radius 1 is 1.08 bits per heavy atom. The number of hydrogen-bond donors (Lipinski definition) is 1. The zero-order valence-electron chi connectivity index (χ0n) is 9.24. The Kier molecular flexibility index (Phi) is 2.02. The van der Waals surface area contributed by atoms with Gasteiger partial charge in [0.1, 0.15) is 0 Å². The van der Waals surface area contributed by atoms with E-state index in [4.69, 9.17) is 0 Å². The first-order valence-corrected chi connectivity index (χ1v) is 6.29. The van der Waals surface area contributed by atoms with Crippen molar-refractivity contribution in [3.8, 4) is 0 Å². The van der Waals surface area contributed by atoms with Gasteiger partial charge in [0, 0.05) is 11.3 Å².